The Morgan fingerprint density at radius 2 is 1.96 bits per heavy atom. The number of thioether (sulfide) groups is 1. The van der Waals surface area contributed by atoms with E-state index in [1.807, 2.05) is 11.8 Å². The number of guanidine groups is 1. The summed E-state index contributed by atoms with van der Waals surface area (Å²) in [5.74, 6) is 2.83. The summed E-state index contributed by atoms with van der Waals surface area (Å²) in [6, 6.07) is 0. The molecule has 0 saturated carbocycles. The zero-order valence-electron chi connectivity index (χ0n) is 16.6. The van der Waals surface area contributed by atoms with E-state index in [0.717, 1.165) is 63.5 Å². The third-order valence-electron chi connectivity index (χ3n) is 5.93. The summed E-state index contributed by atoms with van der Waals surface area (Å²) >= 11 is 1.98. The molecule has 2 aliphatic rings. The Bertz CT molecular complexity index is 398. The lowest BCUT2D eigenvalue weighted by Gasteiger charge is -2.35. The van der Waals surface area contributed by atoms with Gasteiger partial charge in [-0.1, -0.05) is 26.7 Å². The maximum Gasteiger partial charge on any atom is 0.193 e. The SMILES string of the molecule is CCNC(=NCC1(SC)CCOCC1)N1CCC(C(CC)CC)C1.I. The summed E-state index contributed by atoms with van der Waals surface area (Å²) in [5.41, 5.74) is 0. The van der Waals surface area contributed by atoms with Crippen molar-refractivity contribution < 1.29 is 4.74 Å². The van der Waals surface area contributed by atoms with Gasteiger partial charge >= 0.3 is 0 Å². The third-order valence-corrected chi connectivity index (χ3v) is 7.33. The van der Waals surface area contributed by atoms with E-state index in [-0.39, 0.29) is 28.7 Å². The normalized spacial score (nSPS) is 23.6. The number of hydrogen-bond acceptors (Lipinski definition) is 3. The lowest BCUT2D eigenvalue weighted by atomic mass is 9.87. The summed E-state index contributed by atoms with van der Waals surface area (Å²) in [4.78, 5) is 7.56. The fourth-order valence-electron chi connectivity index (χ4n) is 4.13. The Balaban J connectivity index is 0.00000312. The van der Waals surface area contributed by atoms with Gasteiger partial charge in [0.05, 0.1) is 6.54 Å². The standard InChI is InChI=1S/C19H37N3OS.HI/c1-5-16(6-2)17-8-11-22(14-17)18(20-7-3)21-15-19(24-4)9-12-23-13-10-19;/h16-17H,5-15H2,1-4H3,(H,20,21);1H. The first kappa shape index (κ1) is 23.3. The van der Waals surface area contributed by atoms with Gasteiger partial charge in [-0.2, -0.15) is 11.8 Å². The molecule has 6 heteroatoms. The van der Waals surface area contributed by atoms with Gasteiger partial charge in [0.25, 0.3) is 0 Å². The van der Waals surface area contributed by atoms with Crippen LogP contribution in [-0.2, 0) is 4.74 Å². The molecule has 0 aromatic heterocycles. The van der Waals surface area contributed by atoms with Crippen LogP contribution in [0.3, 0.4) is 0 Å². The van der Waals surface area contributed by atoms with Crippen LogP contribution in [0.5, 0.6) is 0 Å². The molecular weight excluding hydrogens is 445 g/mol. The van der Waals surface area contributed by atoms with Crippen molar-refractivity contribution in [1.82, 2.24) is 10.2 Å². The minimum Gasteiger partial charge on any atom is -0.381 e. The van der Waals surface area contributed by atoms with Crippen molar-refractivity contribution in [1.29, 1.82) is 0 Å². The molecule has 1 atom stereocenters. The maximum atomic E-state index is 5.56. The predicted molar refractivity (Wildman–Crippen MR) is 121 cm³/mol. The monoisotopic (exact) mass is 483 g/mol. The van der Waals surface area contributed by atoms with E-state index in [4.69, 9.17) is 9.73 Å². The molecule has 0 aromatic carbocycles. The molecular formula is C19H38IN3OS. The van der Waals surface area contributed by atoms with Crippen LogP contribution >= 0.6 is 35.7 Å². The van der Waals surface area contributed by atoms with E-state index in [2.05, 4.69) is 37.2 Å². The third kappa shape index (κ3) is 6.45. The van der Waals surface area contributed by atoms with Crippen LogP contribution in [0.25, 0.3) is 0 Å². The molecule has 2 fully saturated rings. The quantitative estimate of drug-likeness (QED) is 0.334. The molecule has 4 nitrogen and oxygen atoms in total. The largest absolute Gasteiger partial charge is 0.381 e. The van der Waals surface area contributed by atoms with Crippen molar-refractivity contribution in [2.24, 2.45) is 16.8 Å². The number of aliphatic imine (C=N–C) groups is 1. The fraction of sp³-hybridized carbons (Fsp3) is 0.947. The first-order chi connectivity index (χ1) is 11.7. The lowest BCUT2D eigenvalue weighted by molar-refractivity contribution is 0.0793. The molecule has 0 radical (unpaired) electrons. The summed E-state index contributed by atoms with van der Waals surface area (Å²) in [6.45, 7) is 12.8. The molecule has 2 saturated heterocycles. The topological polar surface area (TPSA) is 36.9 Å². The van der Waals surface area contributed by atoms with Crippen LogP contribution < -0.4 is 5.32 Å². The molecule has 0 bridgehead atoms. The minimum absolute atomic E-state index is 0. The number of halogens is 1. The van der Waals surface area contributed by atoms with E-state index in [1.165, 1.54) is 25.8 Å². The van der Waals surface area contributed by atoms with Gasteiger partial charge in [-0.25, -0.2) is 0 Å². The second-order valence-electron chi connectivity index (χ2n) is 7.24. The average molecular weight is 484 g/mol. The highest BCUT2D eigenvalue weighted by molar-refractivity contribution is 14.0. The van der Waals surface area contributed by atoms with Gasteiger partial charge in [0.2, 0.25) is 0 Å². The van der Waals surface area contributed by atoms with Crippen LogP contribution in [0, 0.1) is 11.8 Å². The highest BCUT2D eigenvalue weighted by Gasteiger charge is 2.33. The predicted octanol–water partition coefficient (Wildman–Crippen LogP) is 4.24. The Hall–Kier alpha value is 0.310. The van der Waals surface area contributed by atoms with E-state index in [9.17, 15) is 0 Å². The first-order valence-electron chi connectivity index (χ1n) is 9.84. The first-order valence-corrected chi connectivity index (χ1v) is 11.1. The highest BCUT2D eigenvalue weighted by atomic mass is 127. The van der Waals surface area contributed by atoms with Crippen molar-refractivity contribution in [3.63, 3.8) is 0 Å². The molecule has 0 amide bonds. The molecule has 1 N–H and O–H groups in total. The number of ether oxygens (including phenoxy) is 1. The zero-order valence-corrected chi connectivity index (χ0v) is 19.7. The van der Waals surface area contributed by atoms with Gasteiger partial charge in [-0.05, 0) is 44.3 Å². The molecule has 1 unspecified atom stereocenters. The van der Waals surface area contributed by atoms with Crippen LogP contribution in [-0.4, -0.2) is 61.3 Å². The molecule has 2 rings (SSSR count). The number of rotatable bonds is 7. The molecule has 0 aromatic rings. The van der Waals surface area contributed by atoms with Crippen molar-refractivity contribution in [3.8, 4) is 0 Å². The van der Waals surface area contributed by atoms with Gasteiger partial charge in [0, 0.05) is 37.6 Å². The smallest absolute Gasteiger partial charge is 0.193 e. The summed E-state index contributed by atoms with van der Waals surface area (Å²) in [6.07, 6.45) is 8.39. The van der Waals surface area contributed by atoms with Crippen molar-refractivity contribution >= 4 is 41.7 Å². The molecule has 2 aliphatic heterocycles. The van der Waals surface area contributed by atoms with Crippen LogP contribution in [0.1, 0.15) is 52.9 Å². The van der Waals surface area contributed by atoms with Crippen molar-refractivity contribution in [2.45, 2.75) is 57.6 Å². The number of nitrogens with one attached hydrogen (secondary N) is 1. The average Bonchev–Trinajstić information content (AvgIpc) is 3.10. The second kappa shape index (κ2) is 11.9. The van der Waals surface area contributed by atoms with Crippen LogP contribution in [0.4, 0.5) is 0 Å². The van der Waals surface area contributed by atoms with E-state index in [0.29, 0.717) is 0 Å². The van der Waals surface area contributed by atoms with Crippen molar-refractivity contribution in [2.75, 3.05) is 45.6 Å². The molecule has 0 aliphatic carbocycles. The summed E-state index contributed by atoms with van der Waals surface area (Å²) in [5, 5.41) is 3.54. The Morgan fingerprint density at radius 3 is 2.52 bits per heavy atom. The minimum atomic E-state index is 0. The Labute approximate surface area is 176 Å². The van der Waals surface area contributed by atoms with Gasteiger partial charge in [0.1, 0.15) is 0 Å². The highest BCUT2D eigenvalue weighted by Crippen LogP contribution is 2.34. The molecule has 25 heavy (non-hydrogen) atoms. The van der Waals surface area contributed by atoms with Crippen LogP contribution in [0.2, 0.25) is 0 Å². The van der Waals surface area contributed by atoms with E-state index < -0.39 is 0 Å². The summed E-state index contributed by atoms with van der Waals surface area (Å²) < 4.78 is 5.83. The molecule has 0 spiro atoms. The Morgan fingerprint density at radius 1 is 1.28 bits per heavy atom. The van der Waals surface area contributed by atoms with E-state index >= 15 is 0 Å². The number of nitrogens with zero attached hydrogens (tertiary/aromatic N) is 2. The molecule has 2 heterocycles. The van der Waals surface area contributed by atoms with Gasteiger partial charge in [-0.15, -0.1) is 24.0 Å². The number of hydrogen-bond donors (Lipinski definition) is 1. The van der Waals surface area contributed by atoms with Crippen molar-refractivity contribution in [3.05, 3.63) is 0 Å². The number of likely N-dealkylation sites (tertiary alicyclic amines) is 1. The van der Waals surface area contributed by atoms with Crippen LogP contribution in [0.15, 0.2) is 4.99 Å². The lowest BCUT2D eigenvalue weighted by Crippen LogP contribution is -2.42. The zero-order chi connectivity index (χ0) is 17.4. The van der Waals surface area contributed by atoms with Gasteiger partial charge in [-0.3, -0.25) is 4.99 Å². The van der Waals surface area contributed by atoms with Gasteiger partial charge < -0.3 is 15.0 Å². The second-order valence-corrected chi connectivity index (χ2v) is 8.52. The maximum absolute atomic E-state index is 5.56. The van der Waals surface area contributed by atoms with Gasteiger partial charge in [0.15, 0.2) is 5.96 Å². The summed E-state index contributed by atoms with van der Waals surface area (Å²) in [7, 11) is 0. The Kier molecular flexibility index (Phi) is 11.1. The molecule has 148 valence electrons. The van der Waals surface area contributed by atoms with E-state index in [1.54, 1.807) is 0 Å². The fourth-order valence-corrected chi connectivity index (χ4v) is 4.90.